The number of ether oxygens (including phenoxy) is 1. The number of unbranched alkanes of at least 4 members (excludes halogenated alkanes) is 5. The summed E-state index contributed by atoms with van der Waals surface area (Å²) in [6, 6.07) is -0.875. The van der Waals surface area contributed by atoms with E-state index in [0.717, 1.165) is 44.9 Å². The molecular weight excluding hydrogens is 348 g/mol. The minimum absolute atomic E-state index is 0.147. The van der Waals surface area contributed by atoms with E-state index in [0.29, 0.717) is 38.8 Å². The average Bonchev–Trinajstić information content (AvgIpc) is 2.89. The number of nitrogens with zero attached hydrogens (tertiary/aromatic N) is 1. The molecule has 3 amide bonds. The van der Waals surface area contributed by atoms with Gasteiger partial charge in [-0.05, 0) is 26.2 Å². The zero-order chi connectivity index (χ0) is 20.1. The minimum atomic E-state index is -0.481. The van der Waals surface area contributed by atoms with Crippen molar-refractivity contribution >= 4 is 23.7 Å². The van der Waals surface area contributed by atoms with Crippen molar-refractivity contribution in [2.24, 2.45) is 0 Å². The molecule has 7 heteroatoms. The number of urea groups is 1. The Kier molecular flexibility index (Phi) is 11.4. The molecular formula is C20H34N2O5. The number of amides is 3. The van der Waals surface area contributed by atoms with Gasteiger partial charge in [0.1, 0.15) is 11.8 Å². The van der Waals surface area contributed by atoms with E-state index in [1.807, 2.05) is 0 Å². The summed E-state index contributed by atoms with van der Waals surface area (Å²) >= 11 is 0. The standard InChI is InChI=1S/C20H34N2O5/c1-3-5-8-11-16(23)14-15-22-17(19(25)21-20(22)26)12-9-6-7-10-13-18(24)27-4-2/h17H,3-15H2,1-2H3,(H,21,25,26). The molecule has 0 aromatic carbocycles. The molecule has 1 heterocycles. The Labute approximate surface area is 162 Å². The maximum absolute atomic E-state index is 12.0. The molecule has 1 rings (SSSR count). The van der Waals surface area contributed by atoms with Crippen molar-refractivity contribution in [1.82, 2.24) is 10.2 Å². The molecule has 154 valence electrons. The van der Waals surface area contributed by atoms with Crippen LogP contribution in [-0.4, -0.2) is 47.8 Å². The summed E-state index contributed by atoms with van der Waals surface area (Å²) in [6.07, 6.45) is 8.19. The SMILES string of the molecule is CCCCCC(=O)CCN1C(=O)NC(=O)C1CCCCCCC(=O)OCC. The quantitative estimate of drug-likeness (QED) is 0.266. The molecule has 1 saturated heterocycles. The van der Waals surface area contributed by atoms with Gasteiger partial charge in [0.15, 0.2) is 0 Å². The van der Waals surface area contributed by atoms with Crippen LogP contribution in [0.5, 0.6) is 0 Å². The number of carbonyl (C=O) groups excluding carboxylic acids is 4. The highest BCUT2D eigenvalue weighted by Gasteiger charge is 2.37. The van der Waals surface area contributed by atoms with Gasteiger partial charge in [-0.1, -0.05) is 39.0 Å². The number of Topliss-reactive ketones (excluding diaryl/α,β-unsaturated/α-hetero) is 1. The molecule has 0 bridgehead atoms. The van der Waals surface area contributed by atoms with Crippen LogP contribution in [0.25, 0.3) is 0 Å². The van der Waals surface area contributed by atoms with E-state index >= 15 is 0 Å². The van der Waals surface area contributed by atoms with Crippen molar-refractivity contribution in [1.29, 1.82) is 0 Å². The second-order valence-corrected chi connectivity index (χ2v) is 7.01. The predicted molar refractivity (Wildman–Crippen MR) is 102 cm³/mol. The molecule has 1 N–H and O–H groups in total. The fourth-order valence-electron chi connectivity index (χ4n) is 3.22. The third-order valence-electron chi connectivity index (χ3n) is 4.77. The van der Waals surface area contributed by atoms with Crippen LogP contribution in [0.3, 0.4) is 0 Å². The number of nitrogens with one attached hydrogen (secondary N) is 1. The van der Waals surface area contributed by atoms with Gasteiger partial charge in [0.2, 0.25) is 0 Å². The van der Waals surface area contributed by atoms with E-state index in [1.165, 1.54) is 4.90 Å². The highest BCUT2D eigenvalue weighted by Crippen LogP contribution is 2.17. The van der Waals surface area contributed by atoms with Crippen molar-refractivity contribution in [3.8, 4) is 0 Å². The Hall–Kier alpha value is -1.92. The number of rotatable bonds is 15. The van der Waals surface area contributed by atoms with Gasteiger partial charge in [-0.2, -0.15) is 0 Å². The molecule has 0 radical (unpaired) electrons. The number of hydrogen-bond acceptors (Lipinski definition) is 5. The van der Waals surface area contributed by atoms with E-state index < -0.39 is 12.1 Å². The molecule has 1 atom stereocenters. The molecule has 0 saturated carbocycles. The summed E-state index contributed by atoms with van der Waals surface area (Å²) in [5, 5.41) is 2.35. The zero-order valence-electron chi connectivity index (χ0n) is 16.8. The number of ketones is 1. The lowest BCUT2D eigenvalue weighted by atomic mass is 10.0. The Morgan fingerprint density at radius 2 is 1.67 bits per heavy atom. The van der Waals surface area contributed by atoms with Gasteiger partial charge < -0.3 is 9.64 Å². The van der Waals surface area contributed by atoms with Gasteiger partial charge >= 0.3 is 12.0 Å². The maximum atomic E-state index is 12.0. The lowest BCUT2D eigenvalue weighted by Crippen LogP contribution is -2.36. The van der Waals surface area contributed by atoms with E-state index in [2.05, 4.69) is 12.2 Å². The lowest BCUT2D eigenvalue weighted by molar-refractivity contribution is -0.143. The first-order valence-electron chi connectivity index (χ1n) is 10.3. The fraction of sp³-hybridized carbons (Fsp3) is 0.800. The summed E-state index contributed by atoms with van der Waals surface area (Å²) in [6.45, 7) is 4.58. The normalized spacial score (nSPS) is 16.5. The van der Waals surface area contributed by atoms with Gasteiger partial charge in [0, 0.05) is 25.8 Å². The lowest BCUT2D eigenvalue weighted by Gasteiger charge is -2.21. The number of carbonyl (C=O) groups is 4. The van der Waals surface area contributed by atoms with Crippen molar-refractivity contribution in [3.63, 3.8) is 0 Å². The summed E-state index contributed by atoms with van der Waals surface area (Å²) < 4.78 is 4.88. The first-order valence-corrected chi connectivity index (χ1v) is 10.3. The van der Waals surface area contributed by atoms with Gasteiger partial charge in [-0.15, -0.1) is 0 Å². The van der Waals surface area contributed by atoms with E-state index in [4.69, 9.17) is 4.74 Å². The zero-order valence-corrected chi connectivity index (χ0v) is 16.8. The fourth-order valence-corrected chi connectivity index (χ4v) is 3.22. The second kappa shape index (κ2) is 13.3. The van der Waals surface area contributed by atoms with Crippen molar-refractivity contribution in [3.05, 3.63) is 0 Å². The highest BCUT2D eigenvalue weighted by molar-refractivity contribution is 6.04. The monoisotopic (exact) mass is 382 g/mol. The molecule has 0 spiro atoms. The van der Waals surface area contributed by atoms with Crippen molar-refractivity contribution in [2.45, 2.75) is 90.5 Å². The van der Waals surface area contributed by atoms with Crippen LogP contribution in [0.2, 0.25) is 0 Å². The molecule has 1 aliphatic rings. The first-order chi connectivity index (χ1) is 13.0. The van der Waals surface area contributed by atoms with Gasteiger partial charge in [0.25, 0.3) is 5.91 Å². The van der Waals surface area contributed by atoms with Crippen LogP contribution < -0.4 is 5.32 Å². The third-order valence-corrected chi connectivity index (χ3v) is 4.77. The Morgan fingerprint density at radius 1 is 0.963 bits per heavy atom. The number of esters is 1. The molecule has 1 fully saturated rings. The Balaban J connectivity index is 2.28. The molecule has 7 nitrogen and oxygen atoms in total. The van der Waals surface area contributed by atoms with Crippen LogP contribution in [0.4, 0.5) is 4.79 Å². The summed E-state index contributed by atoms with van der Waals surface area (Å²) in [5.41, 5.74) is 0. The van der Waals surface area contributed by atoms with E-state index in [-0.39, 0.29) is 17.7 Å². The molecule has 0 aromatic rings. The van der Waals surface area contributed by atoms with Crippen LogP contribution in [0, 0.1) is 0 Å². The van der Waals surface area contributed by atoms with Crippen LogP contribution in [0.1, 0.15) is 84.5 Å². The summed E-state index contributed by atoms with van der Waals surface area (Å²) in [5.74, 6) is -0.300. The molecule has 0 aliphatic carbocycles. The first kappa shape index (κ1) is 23.1. The average molecular weight is 383 g/mol. The van der Waals surface area contributed by atoms with Crippen molar-refractivity contribution in [2.75, 3.05) is 13.2 Å². The molecule has 0 aromatic heterocycles. The maximum Gasteiger partial charge on any atom is 0.324 e. The molecule has 1 unspecified atom stereocenters. The van der Waals surface area contributed by atoms with E-state index in [1.54, 1.807) is 6.92 Å². The summed E-state index contributed by atoms with van der Waals surface area (Å²) in [4.78, 5) is 48.7. The van der Waals surface area contributed by atoms with Crippen molar-refractivity contribution < 1.29 is 23.9 Å². The van der Waals surface area contributed by atoms with Crippen LogP contribution in [-0.2, 0) is 19.1 Å². The topological polar surface area (TPSA) is 92.8 Å². The van der Waals surface area contributed by atoms with Gasteiger partial charge in [-0.3, -0.25) is 19.7 Å². The predicted octanol–water partition coefficient (Wildman–Crippen LogP) is 3.35. The third kappa shape index (κ3) is 9.02. The Bertz CT molecular complexity index is 507. The Morgan fingerprint density at radius 3 is 2.37 bits per heavy atom. The highest BCUT2D eigenvalue weighted by atomic mass is 16.5. The van der Waals surface area contributed by atoms with Crippen LogP contribution in [0.15, 0.2) is 0 Å². The molecule has 1 aliphatic heterocycles. The van der Waals surface area contributed by atoms with Gasteiger partial charge in [0.05, 0.1) is 6.61 Å². The summed E-state index contributed by atoms with van der Waals surface area (Å²) in [7, 11) is 0. The second-order valence-electron chi connectivity index (χ2n) is 7.01. The number of hydrogen-bond donors (Lipinski definition) is 1. The molecule has 27 heavy (non-hydrogen) atoms. The van der Waals surface area contributed by atoms with Crippen LogP contribution >= 0.6 is 0 Å². The van der Waals surface area contributed by atoms with E-state index in [9.17, 15) is 19.2 Å². The minimum Gasteiger partial charge on any atom is -0.466 e. The largest absolute Gasteiger partial charge is 0.466 e. The smallest absolute Gasteiger partial charge is 0.324 e. The van der Waals surface area contributed by atoms with Gasteiger partial charge in [-0.25, -0.2) is 4.79 Å². The number of imide groups is 1.